The van der Waals surface area contributed by atoms with Gasteiger partial charge in [0.05, 0.1) is 16.1 Å². The summed E-state index contributed by atoms with van der Waals surface area (Å²) in [6.07, 6.45) is -0.594. The van der Waals surface area contributed by atoms with Gasteiger partial charge in [-0.2, -0.15) is 0 Å². The molecule has 1 rings (SSSR count). The topological polar surface area (TPSA) is 38.8 Å². The van der Waals surface area contributed by atoms with Gasteiger partial charge in [-0.25, -0.2) is 4.79 Å². The van der Waals surface area contributed by atoms with Gasteiger partial charge < -0.3 is 9.57 Å². The van der Waals surface area contributed by atoms with Crippen LogP contribution in [0.25, 0.3) is 0 Å². The van der Waals surface area contributed by atoms with Crippen molar-refractivity contribution in [2.75, 3.05) is 0 Å². The van der Waals surface area contributed by atoms with Gasteiger partial charge in [0.2, 0.25) is 0 Å². The van der Waals surface area contributed by atoms with Crippen molar-refractivity contribution in [3.05, 3.63) is 28.2 Å². The second-order valence-corrected chi connectivity index (χ2v) is 6.36. The molecule has 0 spiro atoms. The number of carbonyl (C=O) groups excluding carboxylic acids is 1. The largest absolute Gasteiger partial charge is 0.443 e. The van der Waals surface area contributed by atoms with Crippen molar-refractivity contribution in [2.45, 2.75) is 46.3 Å². The summed E-state index contributed by atoms with van der Waals surface area (Å²) in [6, 6.07) is 4.73. The van der Waals surface area contributed by atoms with E-state index in [9.17, 15) is 4.79 Å². The second-order valence-electron chi connectivity index (χ2n) is 5.54. The molecule has 112 valence electrons. The average molecular weight is 320 g/mol. The normalized spacial score (nSPS) is 11.4. The van der Waals surface area contributed by atoms with Gasteiger partial charge in [0.1, 0.15) is 5.60 Å². The summed E-state index contributed by atoms with van der Waals surface area (Å²) in [7, 11) is 0. The summed E-state index contributed by atoms with van der Waals surface area (Å²) in [5.74, 6) is 0.232. The standard InChI is InChI=1S/C14H19Cl2NO3/c1-9(2)17(13(18)19-14(3,4)5)20-12-10(15)7-6-8-11(12)16/h6-9H,1-5H3. The number of carbonyl (C=O) groups is 1. The van der Waals surface area contributed by atoms with Gasteiger partial charge in [-0.3, -0.25) is 0 Å². The van der Waals surface area contributed by atoms with Gasteiger partial charge >= 0.3 is 6.09 Å². The van der Waals surface area contributed by atoms with Crippen LogP contribution >= 0.6 is 23.2 Å². The first-order valence-electron chi connectivity index (χ1n) is 6.26. The minimum absolute atomic E-state index is 0.232. The molecule has 1 aromatic rings. The molecule has 0 aliphatic heterocycles. The average Bonchev–Trinajstić information content (AvgIpc) is 2.25. The van der Waals surface area contributed by atoms with Crippen LogP contribution in [0.4, 0.5) is 4.79 Å². The molecule has 0 aliphatic carbocycles. The first kappa shape index (κ1) is 16.9. The molecular formula is C14H19Cl2NO3. The Morgan fingerprint density at radius 2 is 1.70 bits per heavy atom. The van der Waals surface area contributed by atoms with Crippen molar-refractivity contribution in [1.82, 2.24) is 5.06 Å². The number of ether oxygens (including phenoxy) is 1. The Kier molecular flexibility index (Phi) is 5.54. The lowest BCUT2D eigenvalue weighted by Gasteiger charge is -2.29. The Balaban J connectivity index is 2.96. The van der Waals surface area contributed by atoms with E-state index in [4.69, 9.17) is 32.8 Å². The van der Waals surface area contributed by atoms with Crippen molar-refractivity contribution in [3.8, 4) is 5.75 Å². The maximum absolute atomic E-state index is 12.1. The molecule has 20 heavy (non-hydrogen) atoms. The fraction of sp³-hybridized carbons (Fsp3) is 0.500. The Bertz CT molecular complexity index is 464. The number of nitrogens with zero attached hydrogens (tertiary/aromatic N) is 1. The first-order valence-corrected chi connectivity index (χ1v) is 7.01. The molecule has 0 radical (unpaired) electrons. The highest BCUT2D eigenvalue weighted by atomic mass is 35.5. The fourth-order valence-electron chi connectivity index (χ4n) is 1.33. The Morgan fingerprint density at radius 3 is 2.10 bits per heavy atom. The van der Waals surface area contributed by atoms with Crippen LogP contribution in [0.2, 0.25) is 10.0 Å². The lowest BCUT2D eigenvalue weighted by molar-refractivity contribution is -0.0895. The zero-order chi connectivity index (χ0) is 15.5. The third-order valence-corrected chi connectivity index (χ3v) is 2.75. The van der Waals surface area contributed by atoms with Crippen LogP contribution in [0.3, 0.4) is 0 Å². The summed E-state index contributed by atoms with van der Waals surface area (Å²) in [4.78, 5) is 17.7. The lowest BCUT2D eigenvalue weighted by Crippen LogP contribution is -2.43. The number of hydroxylamine groups is 2. The van der Waals surface area contributed by atoms with Crippen molar-refractivity contribution >= 4 is 29.3 Å². The molecule has 4 nitrogen and oxygen atoms in total. The summed E-state index contributed by atoms with van der Waals surface area (Å²) in [5.41, 5.74) is -0.613. The van der Waals surface area contributed by atoms with Crippen LogP contribution in [0.15, 0.2) is 18.2 Å². The van der Waals surface area contributed by atoms with Gasteiger partial charge in [0.15, 0.2) is 5.75 Å². The molecule has 0 aromatic heterocycles. The van der Waals surface area contributed by atoms with Crippen LogP contribution in [-0.4, -0.2) is 22.8 Å². The quantitative estimate of drug-likeness (QED) is 0.741. The predicted octanol–water partition coefficient (Wildman–Crippen LogP) is 4.93. The highest BCUT2D eigenvalue weighted by molar-refractivity contribution is 6.37. The number of hydrogen-bond acceptors (Lipinski definition) is 3. The molecule has 0 fully saturated rings. The maximum Gasteiger partial charge on any atom is 0.443 e. The molecule has 0 N–H and O–H groups in total. The van der Waals surface area contributed by atoms with Crippen molar-refractivity contribution < 1.29 is 14.4 Å². The Labute approximate surface area is 129 Å². The molecule has 0 atom stereocenters. The fourth-order valence-corrected chi connectivity index (χ4v) is 1.79. The van der Waals surface area contributed by atoms with E-state index in [0.717, 1.165) is 5.06 Å². The van der Waals surface area contributed by atoms with E-state index in [1.54, 1.807) is 52.8 Å². The highest BCUT2D eigenvalue weighted by Gasteiger charge is 2.27. The molecule has 0 heterocycles. The number of halogens is 2. The molecule has 0 aliphatic rings. The zero-order valence-corrected chi connectivity index (χ0v) is 13.7. The maximum atomic E-state index is 12.1. The van der Waals surface area contributed by atoms with Crippen LogP contribution in [0.5, 0.6) is 5.75 Å². The van der Waals surface area contributed by atoms with Crippen molar-refractivity contribution in [2.24, 2.45) is 0 Å². The minimum atomic E-state index is -0.613. The monoisotopic (exact) mass is 319 g/mol. The Morgan fingerprint density at radius 1 is 1.20 bits per heavy atom. The van der Waals surface area contributed by atoms with E-state index >= 15 is 0 Å². The molecular weight excluding hydrogens is 301 g/mol. The van der Waals surface area contributed by atoms with Gasteiger partial charge in [-0.1, -0.05) is 29.3 Å². The molecule has 0 unspecified atom stereocenters. The van der Waals surface area contributed by atoms with E-state index < -0.39 is 11.7 Å². The van der Waals surface area contributed by atoms with Crippen molar-refractivity contribution in [3.63, 3.8) is 0 Å². The molecule has 1 amide bonds. The van der Waals surface area contributed by atoms with Crippen LogP contribution in [0, 0.1) is 0 Å². The molecule has 0 saturated heterocycles. The van der Waals surface area contributed by atoms with Gasteiger partial charge in [-0.15, -0.1) is 5.06 Å². The van der Waals surface area contributed by atoms with Crippen LogP contribution in [-0.2, 0) is 4.74 Å². The number of benzene rings is 1. The summed E-state index contributed by atoms with van der Waals surface area (Å²) >= 11 is 12.1. The molecule has 6 heteroatoms. The lowest BCUT2D eigenvalue weighted by atomic mass is 10.2. The molecule has 0 bridgehead atoms. The zero-order valence-electron chi connectivity index (χ0n) is 12.2. The SMILES string of the molecule is CC(C)N(Oc1c(Cl)cccc1Cl)C(=O)OC(C)(C)C. The summed E-state index contributed by atoms with van der Waals surface area (Å²) < 4.78 is 5.29. The molecule has 0 saturated carbocycles. The van der Waals surface area contributed by atoms with Gasteiger partial charge in [0, 0.05) is 0 Å². The third kappa shape index (κ3) is 4.76. The van der Waals surface area contributed by atoms with Gasteiger partial charge in [-0.05, 0) is 46.8 Å². The van der Waals surface area contributed by atoms with E-state index in [-0.39, 0.29) is 11.8 Å². The third-order valence-electron chi connectivity index (χ3n) is 2.15. The summed E-state index contributed by atoms with van der Waals surface area (Å²) in [5, 5.41) is 1.76. The number of amides is 1. The predicted molar refractivity (Wildman–Crippen MR) is 80.3 cm³/mol. The second kappa shape index (κ2) is 6.55. The van der Waals surface area contributed by atoms with Crippen LogP contribution < -0.4 is 4.84 Å². The number of hydrogen-bond donors (Lipinski definition) is 0. The van der Waals surface area contributed by atoms with Gasteiger partial charge in [0.25, 0.3) is 0 Å². The summed E-state index contributed by atoms with van der Waals surface area (Å²) in [6.45, 7) is 8.95. The van der Waals surface area contributed by atoms with E-state index in [1.165, 1.54) is 0 Å². The first-order chi connectivity index (χ1) is 9.11. The van der Waals surface area contributed by atoms with E-state index in [0.29, 0.717) is 10.0 Å². The van der Waals surface area contributed by atoms with E-state index in [1.807, 2.05) is 0 Å². The molecule has 1 aromatic carbocycles. The van der Waals surface area contributed by atoms with Crippen molar-refractivity contribution in [1.29, 1.82) is 0 Å². The smallest absolute Gasteiger partial charge is 0.442 e. The van der Waals surface area contributed by atoms with Crippen LogP contribution in [0.1, 0.15) is 34.6 Å². The minimum Gasteiger partial charge on any atom is -0.442 e. The number of rotatable bonds is 3. The number of para-hydroxylation sites is 1. The highest BCUT2D eigenvalue weighted by Crippen LogP contribution is 2.33. The Hall–Kier alpha value is -1.13. The van der Waals surface area contributed by atoms with E-state index in [2.05, 4.69) is 0 Å².